The quantitative estimate of drug-likeness (QED) is 0.507. The lowest BCUT2D eigenvalue weighted by atomic mass is 10.2. The number of carbonyl (C=O) groups excluding carboxylic acids is 1. The molecule has 0 aliphatic carbocycles. The van der Waals surface area contributed by atoms with Crippen LogP contribution in [-0.4, -0.2) is 38.4 Å². The standard InChI is InChI=1S/C9H19NO3/c1-9(2,3)13-8(11)7-12-6-5-10-4/h10H,5-7H2,1-4H3. The largest absolute Gasteiger partial charge is 0.458 e. The van der Waals surface area contributed by atoms with Gasteiger partial charge in [0.2, 0.25) is 0 Å². The molecule has 0 amide bonds. The van der Waals surface area contributed by atoms with E-state index >= 15 is 0 Å². The normalized spacial score (nSPS) is 11.4. The fraction of sp³-hybridized carbons (Fsp3) is 0.889. The third-order valence-corrected chi connectivity index (χ3v) is 1.14. The zero-order valence-corrected chi connectivity index (χ0v) is 8.85. The topological polar surface area (TPSA) is 47.6 Å². The van der Waals surface area contributed by atoms with Gasteiger partial charge in [0, 0.05) is 6.54 Å². The summed E-state index contributed by atoms with van der Waals surface area (Å²) in [5, 5.41) is 2.91. The van der Waals surface area contributed by atoms with E-state index in [1.165, 1.54) is 0 Å². The van der Waals surface area contributed by atoms with Gasteiger partial charge < -0.3 is 14.8 Å². The Kier molecular flexibility index (Phi) is 5.66. The molecular formula is C9H19NO3. The Hall–Kier alpha value is -0.610. The van der Waals surface area contributed by atoms with E-state index in [-0.39, 0.29) is 12.6 Å². The molecule has 0 bridgehead atoms. The Balaban J connectivity index is 3.41. The molecule has 1 N–H and O–H groups in total. The summed E-state index contributed by atoms with van der Waals surface area (Å²) in [7, 11) is 1.83. The number of ether oxygens (including phenoxy) is 2. The first-order chi connectivity index (χ1) is 5.95. The average Bonchev–Trinajstić information content (AvgIpc) is 1.94. The molecule has 0 spiro atoms. The molecule has 4 nitrogen and oxygen atoms in total. The van der Waals surface area contributed by atoms with Crippen molar-refractivity contribution in [1.29, 1.82) is 0 Å². The number of hydrogen-bond acceptors (Lipinski definition) is 4. The Morgan fingerprint density at radius 2 is 2.00 bits per heavy atom. The van der Waals surface area contributed by atoms with Crippen molar-refractivity contribution in [2.45, 2.75) is 26.4 Å². The van der Waals surface area contributed by atoms with Crippen LogP contribution < -0.4 is 5.32 Å². The third kappa shape index (κ3) is 9.30. The zero-order chi connectivity index (χ0) is 10.3. The molecule has 0 aliphatic rings. The van der Waals surface area contributed by atoms with Crippen LogP contribution in [0.1, 0.15) is 20.8 Å². The third-order valence-electron chi connectivity index (χ3n) is 1.14. The van der Waals surface area contributed by atoms with Gasteiger partial charge in [-0.2, -0.15) is 0 Å². The first-order valence-electron chi connectivity index (χ1n) is 4.40. The van der Waals surface area contributed by atoms with Gasteiger partial charge in [0.25, 0.3) is 0 Å². The zero-order valence-electron chi connectivity index (χ0n) is 8.85. The van der Waals surface area contributed by atoms with Crippen molar-refractivity contribution >= 4 is 5.97 Å². The summed E-state index contributed by atoms with van der Waals surface area (Å²) in [5.41, 5.74) is -0.427. The maximum Gasteiger partial charge on any atom is 0.332 e. The highest BCUT2D eigenvalue weighted by Gasteiger charge is 2.15. The van der Waals surface area contributed by atoms with Crippen LogP contribution in [0.4, 0.5) is 0 Å². The lowest BCUT2D eigenvalue weighted by Crippen LogP contribution is -2.27. The maximum atomic E-state index is 11.1. The molecule has 13 heavy (non-hydrogen) atoms. The SMILES string of the molecule is CNCCOCC(=O)OC(C)(C)C. The second kappa shape index (κ2) is 5.94. The second-order valence-electron chi connectivity index (χ2n) is 3.74. The minimum atomic E-state index is -0.427. The summed E-state index contributed by atoms with van der Waals surface area (Å²) >= 11 is 0. The monoisotopic (exact) mass is 189 g/mol. The van der Waals surface area contributed by atoms with Gasteiger partial charge in [-0.3, -0.25) is 0 Å². The molecule has 0 saturated heterocycles. The van der Waals surface area contributed by atoms with Gasteiger partial charge in [-0.25, -0.2) is 4.79 Å². The van der Waals surface area contributed by atoms with Gasteiger partial charge in [0.1, 0.15) is 12.2 Å². The maximum absolute atomic E-state index is 11.1. The van der Waals surface area contributed by atoms with E-state index in [2.05, 4.69) is 5.32 Å². The summed E-state index contributed by atoms with van der Waals surface area (Å²) in [6.45, 7) is 6.78. The Morgan fingerprint density at radius 1 is 1.38 bits per heavy atom. The van der Waals surface area contributed by atoms with E-state index in [9.17, 15) is 4.79 Å². The van der Waals surface area contributed by atoms with Gasteiger partial charge in [-0.1, -0.05) is 0 Å². The predicted octanol–water partition coefficient (Wildman–Crippen LogP) is 0.564. The first kappa shape index (κ1) is 12.4. The van der Waals surface area contributed by atoms with Crippen LogP contribution in [0.15, 0.2) is 0 Å². The molecule has 0 saturated carbocycles. The van der Waals surface area contributed by atoms with Crippen LogP contribution in [0.3, 0.4) is 0 Å². The van der Waals surface area contributed by atoms with Crippen molar-refractivity contribution in [2.75, 3.05) is 26.8 Å². The molecule has 0 unspecified atom stereocenters. The molecule has 0 heterocycles. The van der Waals surface area contributed by atoms with Crippen molar-refractivity contribution in [3.05, 3.63) is 0 Å². The molecule has 0 aromatic carbocycles. The highest BCUT2D eigenvalue weighted by atomic mass is 16.6. The molecule has 0 aromatic rings. The van der Waals surface area contributed by atoms with Gasteiger partial charge in [-0.05, 0) is 27.8 Å². The summed E-state index contributed by atoms with van der Waals surface area (Å²) in [5.74, 6) is -0.316. The highest BCUT2D eigenvalue weighted by molar-refractivity contribution is 5.71. The molecule has 4 heteroatoms. The van der Waals surface area contributed by atoms with E-state index in [1.807, 2.05) is 27.8 Å². The lowest BCUT2D eigenvalue weighted by molar-refractivity contribution is -0.160. The number of hydrogen-bond donors (Lipinski definition) is 1. The smallest absolute Gasteiger partial charge is 0.332 e. The second-order valence-corrected chi connectivity index (χ2v) is 3.74. The summed E-state index contributed by atoms with van der Waals surface area (Å²) in [6.07, 6.45) is 0. The Labute approximate surface area is 79.6 Å². The predicted molar refractivity (Wildman–Crippen MR) is 50.6 cm³/mol. The molecular weight excluding hydrogens is 170 g/mol. The molecule has 0 aliphatic heterocycles. The van der Waals surface area contributed by atoms with Crippen LogP contribution in [0.5, 0.6) is 0 Å². The van der Waals surface area contributed by atoms with Crippen molar-refractivity contribution in [2.24, 2.45) is 0 Å². The highest BCUT2D eigenvalue weighted by Crippen LogP contribution is 2.06. The van der Waals surface area contributed by atoms with Crippen molar-refractivity contribution in [1.82, 2.24) is 5.32 Å². The fourth-order valence-electron chi connectivity index (χ4n) is 0.701. The number of rotatable bonds is 5. The van der Waals surface area contributed by atoms with E-state index in [4.69, 9.17) is 9.47 Å². The first-order valence-corrected chi connectivity index (χ1v) is 4.40. The molecule has 0 aromatic heterocycles. The van der Waals surface area contributed by atoms with Crippen molar-refractivity contribution < 1.29 is 14.3 Å². The van der Waals surface area contributed by atoms with E-state index in [0.29, 0.717) is 6.61 Å². The summed E-state index contributed by atoms with van der Waals surface area (Å²) in [4.78, 5) is 11.1. The Bertz CT molecular complexity index is 151. The van der Waals surface area contributed by atoms with E-state index < -0.39 is 5.60 Å². The van der Waals surface area contributed by atoms with Gasteiger partial charge in [-0.15, -0.1) is 0 Å². The lowest BCUT2D eigenvalue weighted by Gasteiger charge is -2.19. The van der Waals surface area contributed by atoms with E-state index in [1.54, 1.807) is 0 Å². The van der Waals surface area contributed by atoms with Crippen molar-refractivity contribution in [3.8, 4) is 0 Å². The van der Waals surface area contributed by atoms with Crippen molar-refractivity contribution in [3.63, 3.8) is 0 Å². The average molecular weight is 189 g/mol. The Morgan fingerprint density at radius 3 is 2.46 bits per heavy atom. The molecule has 78 valence electrons. The summed E-state index contributed by atoms with van der Waals surface area (Å²) < 4.78 is 10.1. The molecule has 0 rings (SSSR count). The number of esters is 1. The molecule has 0 atom stereocenters. The van der Waals surface area contributed by atoms with Crippen LogP contribution in [-0.2, 0) is 14.3 Å². The number of nitrogens with one attached hydrogen (secondary N) is 1. The summed E-state index contributed by atoms with van der Waals surface area (Å²) in [6, 6.07) is 0. The molecule has 0 radical (unpaired) electrons. The van der Waals surface area contributed by atoms with Gasteiger partial charge in [0.05, 0.1) is 6.61 Å². The minimum absolute atomic E-state index is 0.0267. The van der Waals surface area contributed by atoms with Crippen LogP contribution in [0.25, 0.3) is 0 Å². The number of likely N-dealkylation sites (N-methyl/N-ethyl adjacent to an activating group) is 1. The fourth-order valence-corrected chi connectivity index (χ4v) is 0.701. The minimum Gasteiger partial charge on any atom is -0.458 e. The van der Waals surface area contributed by atoms with Gasteiger partial charge in [0.15, 0.2) is 0 Å². The number of carbonyl (C=O) groups is 1. The van der Waals surface area contributed by atoms with Crippen LogP contribution >= 0.6 is 0 Å². The molecule has 0 fully saturated rings. The van der Waals surface area contributed by atoms with Gasteiger partial charge >= 0.3 is 5.97 Å². The van der Waals surface area contributed by atoms with E-state index in [0.717, 1.165) is 6.54 Å². The van der Waals surface area contributed by atoms with Crippen LogP contribution in [0.2, 0.25) is 0 Å². The van der Waals surface area contributed by atoms with Crippen LogP contribution in [0, 0.1) is 0 Å².